The van der Waals surface area contributed by atoms with Crippen molar-refractivity contribution in [2.75, 3.05) is 20.7 Å². The van der Waals surface area contributed by atoms with Gasteiger partial charge in [0.25, 0.3) is 0 Å². The summed E-state index contributed by atoms with van der Waals surface area (Å²) >= 11 is 0. The van der Waals surface area contributed by atoms with Crippen molar-refractivity contribution in [3.63, 3.8) is 0 Å². The SMILES string of the molecule is CN(C)C(=O)C[C@@H]1C=C[C@@H](NC(=O)C2CC2)[C@H](CO)O1. The van der Waals surface area contributed by atoms with Crippen LogP contribution in [0.5, 0.6) is 0 Å². The molecule has 0 aromatic carbocycles. The lowest BCUT2D eigenvalue weighted by molar-refractivity contribution is -0.134. The summed E-state index contributed by atoms with van der Waals surface area (Å²) in [6.45, 7) is -0.188. The van der Waals surface area contributed by atoms with Crippen molar-refractivity contribution >= 4 is 11.8 Å². The van der Waals surface area contributed by atoms with E-state index >= 15 is 0 Å². The third kappa shape index (κ3) is 3.80. The largest absolute Gasteiger partial charge is 0.394 e. The number of carbonyl (C=O) groups excluding carboxylic acids is 2. The molecule has 2 amide bonds. The van der Waals surface area contributed by atoms with Gasteiger partial charge in [-0.2, -0.15) is 0 Å². The molecule has 0 aromatic heterocycles. The Morgan fingerprint density at radius 1 is 1.35 bits per heavy atom. The molecule has 6 nitrogen and oxygen atoms in total. The summed E-state index contributed by atoms with van der Waals surface area (Å²) in [7, 11) is 3.38. The normalized spacial score (nSPS) is 29.1. The summed E-state index contributed by atoms with van der Waals surface area (Å²) in [5.74, 6) is 0.108. The first-order chi connectivity index (χ1) is 9.51. The van der Waals surface area contributed by atoms with E-state index < -0.39 is 6.10 Å². The second kappa shape index (κ2) is 6.37. The van der Waals surface area contributed by atoms with Crippen LogP contribution in [0.1, 0.15) is 19.3 Å². The Balaban J connectivity index is 1.91. The highest BCUT2D eigenvalue weighted by molar-refractivity contribution is 5.81. The van der Waals surface area contributed by atoms with Gasteiger partial charge in [-0.25, -0.2) is 0 Å². The molecule has 0 aromatic rings. The molecule has 20 heavy (non-hydrogen) atoms. The minimum Gasteiger partial charge on any atom is -0.394 e. The highest BCUT2D eigenvalue weighted by Crippen LogP contribution is 2.29. The second-order valence-electron chi connectivity index (χ2n) is 5.58. The van der Waals surface area contributed by atoms with Gasteiger partial charge in [0.1, 0.15) is 6.10 Å². The molecular formula is C14H22N2O4. The number of nitrogens with one attached hydrogen (secondary N) is 1. The Hall–Kier alpha value is -1.40. The lowest BCUT2D eigenvalue weighted by Crippen LogP contribution is -2.49. The molecule has 1 heterocycles. The summed E-state index contributed by atoms with van der Waals surface area (Å²) in [6.07, 6.45) is 4.87. The molecule has 6 heteroatoms. The van der Waals surface area contributed by atoms with Crippen LogP contribution >= 0.6 is 0 Å². The minimum absolute atomic E-state index is 0.0181. The van der Waals surface area contributed by atoms with Crippen LogP contribution in [0.3, 0.4) is 0 Å². The van der Waals surface area contributed by atoms with E-state index in [4.69, 9.17) is 4.74 Å². The Bertz CT molecular complexity index is 404. The van der Waals surface area contributed by atoms with Crippen molar-refractivity contribution in [3.05, 3.63) is 12.2 Å². The fourth-order valence-corrected chi connectivity index (χ4v) is 2.12. The number of hydrogen-bond acceptors (Lipinski definition) is 4. The van der Waals surface area contributed by atoms with Crippen LogP contribution in [-0.2, 0) is 14.3 Å². The van der Waals surface area contributed by atoms with Crippen LogP contribution in [0, 0.1) is 5.92 Å². The maximum absolute atomic E-state index is 11.7. The second-order valence-corrected chi connectivity index (χ2v) is 5.58. The Morgan fingerprint density at radius 2 is 2.05 bits per heavy atom. The summed E-state index contributed by atoms with van der Waals surface area (Å²) < 4.78 is 5.67. The molecule has 1 saturated carbocycles. The summed E-state index contributed by atoms with van der Waals surface area (Å²) in [5.41, 5.74) is 0. The zero-order valence-corrected chi connectivity index (χ0v) is 11.9. The molecule has 2 N–H and O–H groups in total. The molecule has 0 spiro atoms. The molecule has 0 unspecified atom stereocenters. The maximum Gasteiger partial charge on any atom is 0.224 e. The van der Waals surface area contributed by atoms with Crippen LogP contribution in [-0.4, -0.2) is 60.8 Å². The summed E-state index contributed by atoms with van der Waals surface area (Å²) in [6, 6.07) is -0.321. The van der Waals surface area contributed by atoms with E-state index in [1.54, 1.807) is 20.2 Å². The smallest absolute Gasteiger partial charge is 0.224 e. The van der Waals surface area contributed by atoms with Gasteiger partial charge in [-0.05, 0) is 12.8 Å². The van der Waals surface area contributed by atoms with Crippen molar-refractivity contribution in [1.29, 1.82) is 0 Å². The molecule has 0 saturated heterocycles. The molecule has 1 aliphatic heterocycles. The number of hydrogen-bond donors (Lipinski definition) is 2. The van der Waals surface area contributed by atoms with E-state index in [2.05, 4.69) is 5.32 Å². The third-order valence-corrected chi connectivity index (χ3v) is 3.59. The van der Waals surface area contributed by atoms with E-state index in [1.807, 2.05) is 6.08 Å². The van der Waals surface area contributed by atoms with Gasteiger partial charge in [-0.15, -0.1) is 0 Å². The van der Waals surface area contributed by atoms with Crippen molar-refractivity contribution in [2.24, 2.45) is 5.92 Å². The first-order valence-corrected chi connectivity index (χ1v) is 6.96. The van der Waals surface area contributed by atoms with Gasteiger partial charge in [0, 0.05) is 20.0 Å². The van der Waals surface area contributed by atoms with Gasteiger partial charge in [-0.1, -0.05) is 12.2 Å². The first kappa shape index (κ1) is 15.0. The fourth-order valence-electron chi connectivity index (χ4n) is 2.12. The Labute approximate surface area is 118 Å². The van der Waals surface area contributed by atoms with Crippen molar-refractivity contribution < 1.29 is 19.4 Å². The zero-order chi connectivity index (χ0) is 14.7. The van der Waals surface area contributed by atoms with E-state index in [0.29, 0.717) is 0 Å². The average molecular weight is 282 g/mol. The number of ether oxygens (including phenoxy) is 1. The number of aliphatic hydroxyl groups excluding tert-OH is 1. The van der Waals surface area contributed by atoms with Gasteiger partial charge in [0.15, 0.2) is 0 Å². The molecule has 3 atom stereocenters. The van der Waals surface area contributed by atoms with Crippen LogP contribution in [0.15, 0.2) is 12.2 Å². The first-order valence-electron chi connectivity index (χ1n) is 6.96. The summed E-state index contributed by atoms with van der Waals surface area (Å²) in [4.78, 5) is 24.9. The number of rotatable bonds is 5. The van der Waals surface area contributed by atoms with Gasteiger partial charge in [0.05, 0.1) is 25.2 Å². The van der Waals surface area contributed by atoms with Gasteiger partial charge in [-0.3, -0.25) is 9.59 Å². The summed E-state index contributed by atoms with van der Waals surface area (Å²) in [5, 5.41) is 12.3. The molecule has 1 fully saturated rings. The Morgan fingerprint density at radius 3 is 2.60 bits per heavy atom. The number of nitrogens with zero attached hydrogens (tertiary/aromatic N) is 1. The zero-order valence-electron chi connectivity index (χ0n) is 11.9. The van der Waals surface area contributed by atoms with Crippen molar-refractivity contribution in [3.8, 4) is 0 Å². The van der Waals surface area contributed by atoms with Crippen molar-refractivity contribution in [2.45, 2.75) is 37.5 Å². The van der Waals surface area contributed by atoms with E-state index in [0.717, 1.165) is 12.8 Å². The van der Waals surface area contributed by atoms with E-state index in [-0.39, 0.29) is 42.9 Å². The fraction of sp³-hybridized carbons (Fsp3) is 0.714. The topological polar surface area (TPSA) is 78.9 Å². The lowest BCUT2D eigenvalue weighted by Gasteiger charge is -2.32. The predicted molar refractivity (Wildman–Crippen MR) is 72.9 cm³/mol. The van der Waals surface area contributed by atoms with Gasteiger partial charge < -0.3 is 20.1 Å². The number of carbonyl (C=O) groups is 2. The molecule has 0 radical (unpaired) electrons. The molecule has 0 bridgehead atoms. The van der Waals surface area contributed by atoms with Crippen LogP contribution in [0.4, 0.5) is 0 Å². The van der Waals surface area contributed by atoms with Gasteiger partial charge >= 0.3 is 0 Å². The quantitative estimate of drug-likeness (QED) is 0.677. The predicted octanol–water partition coefficient (Wildman–Crippen LogP) is -0.325. The number of aliphatic hydroxyl groups is 1. The van der Waals surface area contributed by atoms with E-state index in [9.17, 15) is 14.7 Å². The number of amides is 2. The maximum atomic E-state index is 11.7. The minimum atomic E-state index is -0.498. The van der Waals surface area contributed by atoms with Crippen LogP contribution in [0.25, 0.3) is 0 Å². The van der Waals surface area contributed by atoms with Gasteiger partial charge in [0.2, 0.25) is 11.8 Å². The molecule has 2 rings (SSSR count). The Kier molecular flexibility index (Phi) is 4.77. The monoisotopic (exact) mass is 282 g/mol. The lowest BCUT2D eigenvalue weighted by atomic mass is 10.0. The van der Waals surface area contributed by atoms with E-state index in [1.165, 1.54) is 4.90 Å². The highest BCUT2D eigenvalue weighted by Gasteiger charge is 2.34. The molecule has 1 aliphatic carbocycles. The van der Waals surface area contributed by atoms with Crippen molar-refractivity contribution in [1.82, 2.24) is 10.2 Å². The van der Waals surface area contributed by atoms with Crippen LogP contribution < -0.4 is 5.32 Å². The average Bonchev–Trinajstić information content (AvgIpc) is 3.24. The van der Waals surface area contributed by atoms with Crippen LogP contribution in [0.2, 0.25) is 0 Å². The third-order valence-electron chi connectivity index (χ3n) is 3.59. The highest BCUT2D eigenvalue weighted by atomic mass is 16.5. The standard InChI is InChI=1S/C14H22N2O4/c1-16(2)13(18)7-10-5-6-11(12(8-17)20-10)15-14(19)9-3-4-9/h5-6,9-12,17H,3-4,7-8H2,1-2H3,(H,15,19)/t10-,11+,12-/m0/s1. The molecule has 2 aliphatic rings. The molecule has 112 valence electrons. The molecular weight excluding hydrogens is 260 g/mol.